The fourth-order valence-electron chi connectivity index (χ4n) is 2.05. The molecule has 0 aromatic rings. The van der Waals surface area contributed by atoms with Gasteiger partial charge in [0.15, 0.2) is 0 Å². The van der Waals surface area contributed by atoms with E-state index in [-0.39, 0.29) is 18.9 Å². The van der Waals surface area contributed by atoms with Crippen LogP contribution in [0.15, 0.2) is 0 Å². The smallest absolute Gasteiger partial charge is 0.254 e. The summed E-state index contributed by atoms with van der Waals surface area (Å²) in [5.74, 6) is -0.847. The summed E-state index contributed by atoms with van der Waals surface area (Å²) in [4.78, 5) is 31.7. The van der Waals surface area contributed by atoms with E-state index >= 15 is 0 Å². The van der Waals surface area contributed by atoms with Gasteiger partial charge in [-0.2, -0.15) is 0 Å². The van der Waals surface area contributed by atoms with E-state index in [0.717, 1.165) is 0 Å². The molecule has 1 atom stereocenters. The third-order valence-electron chi connectivity index (χ3n) is 2.76. The number of nitrogens with zero attached hydrogens (tertiary/aromatic N) is 3. The van der Waals surface area contributed by atoms with Crippen LogP contribution in [0.2, 0.25) is 0 Å². The maximum atomic E-state index is 11.4. The third kappa shape index (κ3) is 5.51. The lowest BCUT2D eigenvalue weighted by Crippen LogP contribution is -2.51. The van der Waals surface area contributed by atoms with Crippen molar-refractivity contribution in [2.75, 3.05) is 41.3 Å². The van der Waals surface area contributed by atoms with Crippen LogP contribution in [0.25, 0.3) is 0 Å². The molecular weight excluding hydrogens is 264 g/mol. The second-order valence-electron chi connectivity index (χ2n) is 5.43. The van der Waals surface area contributed by atoms with Crippen molar-refractivity contribution in [3.8, 4) is 0 Å². The maximum absolute atomic E-state index is 11.4. The van der Waals surface area contributed by atoms with Crippen molar-refractivity contribution < 1.29 is 19.5 Å². The van der Waals surface area contributed by atoms with Crippen LogP contribution < -0.4 is 5.32 Å². The average Bonchev–Trinajstić information content (AvgIpc) is 2.58. The topological polar surface area (TPSA) is 85.3 Å². The number of hydroxylamine groups is 2. The number of aliphatic hydroxyl groups excluding tert-OH is 1. The van der Waals surface area contributed by atoms with Gasteiger partial charge in [0, 0.05) is 32.0 Å². The first-order valence-electron chi connectivity index (χ1n) is 6.55. The molecule has 1 rings (SSSR count). The quantitative estimate of drug-likeness (QED) is 0.412. The van der Waals surface area contributed by atoms with Crippen LogP contribution in [0.3, 0.4) is 0 Å². The molecule has 0 aliphatic carbocycles. The second kappa shape index (κ2) is 7.65. The number of amides is 2. The van der Waals surface area contributed by atoms with Crippen LogP contribution in [0.4, 0.5) is 0 Å². The lowest BCUT2D eigenvalue weighted by atomic mass is 10.2. The predicted molar refractivity (Wildman–Crippen MR) is 72.2 cm³/mol. The molecule has 116 valence electrons. The molecule has 0 saturated carbocycles. The van der Waals surface area contributed by atoms with E-state index in [1.807, 2.05) is 38.0 Å². The molecule has 2 N–H and O–H groups in total. The molecule has 0 aromatic heterocycles. The van der Waals surface area contributed by atoms with Gasteiger partial charge >= 0.3 is 0 Å². The summed E-state index contributed by atoms with van der Waals surface area (Å²) in [5, 5.41) is 13.3. The van der Waals surface area contributed by atoms with Crippen LogP contribution in [0, 0.1) is 0 Å². The van der Waals surface area contributed by atoms with Crippen LogP contribution in [0.5, 0.6) is 0 Å². The number of hydrogen-bond acceptors (Lipinski definition) is 7. The lowest BCUT2D eigenvalue weighted by molar-refractivity contribution is -0.255. The molecule has 1 unspecified atom stereocenters. The SMILES string of the molecule is CN(C)CC(CN(C)C)NC(O)ON1C(=O)CCC1=O. The first-order chi connectivity index (χ1) is 9.29. The van der Waals surface area contributed by atoms with E-state index in [4.69, 9.17) is 4.84 Å². The van der Waals surface area contributed by atoms with Crippen molar-refractivity contribution >= 4 is 11.8 Å². The molecule has 8 heteroatoms. The molecule has 1 fully saturated rings. The van der Waals surface area contributed by atoms with Gasteiger partial charge in [0.25, 0.3) is 11.8 Å². The zero-order valence-corrected chi connectivity index (χ0v) is 12.5. The number of carbonyl (C=O) groups is 2. The molecule has 1 aliphatic heterocycles. The number of nitrogens with one attached hydrogen (secondary N) is 1. The van der Waals surface area contributed by atoms with Crippen LogP contribution in [-0.4, -0.2) is 85.5 Å². The summed E-state index contributed by atoms with van der Waals surface area (Å²) in [7, 11) is 7.69. The van der Waals surface area contributed by atoms with Crippen molar-refractivity contribution in [3.05, 3.63) is 0 Å². The summed E-state index contributed by atoms with van der Waals surface area (Å²) in [5.41, 5.74) is 0. The third-order valence-corrected chi connectivity index (χ3v) is 2.76. The number of carbonyl (C=O) groups excluding carboxylic acids is 2. The molecule has 1 saturated heterocycles. The molecule has 0 spiro atoms. The first kappa shape index (κ1) is 17.0. The summed E-state index contributed by atoms with van der Waals surface area (Å²) < 4.78 is 0. The first-order valence-corrected chi connectivity index (χ1v) is 6.55. The van der Waals surface area contributed by atoms with E-state index in [9.17, 15) is 14.7 Å². The molecule has 2 amide bonds. The van der Waals surface area contributed by atoms with Gasteiger partial charge in [-0.1, -0.05) is 0 Å². The van der Waals surface area contributed by atoms with Gasteiger partial charge in [-0.25, -0.2) is 4.84 Å². The van der Waals surface area contributed by atoms with Crippen LogP contribution >= 0.6 is 0 Å². The van der Waals surface area contributed by atoms with Gasteiger partial charge < -0.3 is 14.9 Å². The van der Waals surface area contributed by atoms with Crippen LogP contribution in [0.1, 0.15) is 12.8 Å². The summed E-state index contributed by atoms with van der Waals surface area (Å²) in [6.07, 6.45) is -1.14. The van der Waals surface area contributed by atoms with E-state index in [2.05, 4.69) is 5.32 Å². The Hall–Kier alpha value is -1.06. The minimum Gasteiger partial charge on any atom is -0.354 e. The highest BCUT2D eigenvalue weighted by molar-refractivity contribution is 6.00. The fourth-order valence-corrected chi connectivity index (χ4v) is 2.05. The Kier molecular flexibility index (Phi) is 6.50. The molecule has 0 bridgehead atoms. The van der Waals surface area contributed by atoms with Gasteiger partial charge in [-0.3, -0.25) is 14.9 Å². The van der Waals surface area contributed by atoms with Gasteiger partial charge in [0.1, 0.15) is 0 Å². The summed E-state index contributed by atoms with van der Waals surface area (Å²) in [6.45, 7) is 1.36. The highest BCUT2D eigenvalue weighted by atomic mass is 16.8. The number of aliphatic hydroxyl groups is 1. The van der Waals surface area contributed by atoms with Crippen molar-refractivity contribution in [2.24, 2.45) is 0 Å². The molecule has 1 heterocycles. The number of likely N-dealkylation sites (N-methyl/N-ethyl adjacent to an activating group) is 2. The Bertz CT molecular complexity index is 322. The molecule has 1 aliphatic rings. The molecule has 0 radical (unpaired) electrons. The minimum atomic E-state index is -1.40. The van der Waals surface area contributed by atoms with Gasteiger partial charge in [-0.15, -0.1) is 5.06 Å². The monoisotopic (exact) mass is 288 g/mol. The minimum absolute atomic E-state index is 0.0668. The number of hydrogen-bond donors (Lipinski definition) is 2. The van der Waals surface area contributed by atoms with Crippen LogP contribution in [-0.2, 0) is 14.4 Å². The highest BCUT2D eigenvalue weighted by Crippen LogP contribution is 2.12. The van der Waals surface area contributed by atoms with E-state index in [1.54, 1.807) is 0 Å². The Morgan fingerprint density at radius 3 is 2.00 bits per heavy atom. The zero-order valence-electron chi connectivity index (χ0n) is 12.5. The Morgan fingerprint density at radius 2 is 1.60 bits per heavy atom. The van der Waals surface area contributed by atoms with Gasteiger partial charge in [0.05, 0.1) is 0 Å². The zero-order chi connectivity index (χ0) is 15.3. The average molecular weight is 288 g/mol. The molecular formula is C12H24N4O4. The largest absolute Gasteiger partial charge is 0.354 e. The fraction of sp³-hybridized carbons (Fsp3) is 0.833. The summed E-state index contributed by atoms with van der Waals surface area (Å²) >= 11 is 0. The van der Waals surface area contributed by atoms with Crippen molar-refractivity contribution in [1.82, 2.24) is 20.2 Å². The van der Waals surface area contributed by atoms with Crippen molar-refractivity contribution in [3.63, 3.8) is 0 Å². The highest BCUT2D eigenvalue weighted by Gasteiger charge is 2.32. The standard InChI is InChI=1S/C12H24N4O4/c1-14(2)7-9(8-15(3)4)13-12(19)20-16-10(17)5-6-11(16)18/h9,12-13,19H,5-8H2,1-4H3. The van der Waals surface area contributed by atoms with Crippen molar-refractivity contribution in [1.29, 1.82) is 0 Å². The summed E-state index contributed by atoms with van der Waals surface area (Å²) in [6, 6.07) is -0.0668. The Labute approximate surface area is 119 Å². The number of imide groups is 1. The molecule has 0 aromatic carbocycles. The van der Waals surface area contributed by atoms with E-state index < -0.39 is 18.2 Å². The lowest BCUT2D eigenvalue weighted by Gasteiger charge is -2.28. The van der Waals surface area contributed by atoms with Crippen molar-refractivity contribution in [2.45, 2.75) is 25.3 Å². The predicted octanol–water partition coefficient (Wildman–Crippen LogP) is -1.58. The van der Waals surface area contributed by atoms with Gasteiger partial charge in [0.2, 0.25) is 6.41 Å². The Morgan fingerprint density at radius 1 is 1.15 bits per heavy atom. The number of rotatable bonds is 8. The molecule has 20 heavy (non-hydrogen) atoms. The maximum Gasteiger partial charge on any atom is 0.254 e. The normalized spacial score (nSPS) is 17.9. The van der Waals surface area contributed by atoms with E-state index in [1.165, 1.54) is 0 Å². The molecule has 8 nitrogen and oxygen atoms in total. The van der Waals surface area contributed by atoms with E-state index in [0.29, 0.717) is 18.2 Å². The second-order valence-corrected chi connectivity index (χ2v) is 5.43. The Balaban J connectivity index is 2.50. The van der Waals surface area contributed by atoms with Gasteiger partial charge in [-0.05, 0) is 28.2 Å².